The first-order valence-corrected chi connectivity index (χ1v) is 21.9. The first kappa shape index (κ1) is 26.4. The maximum Gasteiger partial charge on any atom is 0.242 e. The Morgan fingerprint density at radius 2 is 1.35 bits per heavy atom. The summed E-state index contributed by atoms with van der Waals surface area (Å²) in [5.41, 5.74) is 1.38. The van der Waals surface area contributed by atoms with Gasteiger partial charge in [0.25, 0.3) is 0 Å². The maximum absolute atomic E-state index is 13.4. The number of ether oxygens (including phenoxy) is 2. The molecule has 0 fully saturated rings. The van der Waals surface area contributed by atoms with Crippen LogP contribution in [0.15, 0.2) is 30.3 Å². The van der Waals surface area contributed by atoms with E-state index in [-0.39, 0.29) is 12.2 Å². The molecular weight excluding hydrogens is 481 g/mol. The molecule has 2 aromatic carbocycles. The summed E-state index contributed by atoms with van der Waals surface area (Å²) >= 11 is 0. The van der Waals surface area contributed by atoms with Gasteiger partial charge in [0.2, 0.25) is 25.0 Å². The molecule has 6 nitrogen and oxygen atoms in total. The van der Waals surface area contributed by atoms with Crippen LogP contribution in [0.3, 0.4) is 0 Å². The maximum atomic E-state index is 13.4. The Morgan fingerprint density at radius 1 is 0.765 bits per heavy atom. The van der Waals surface area contributed by atoms with E-state index in [4.69, 9.17) is 22.8 Å². The summed E-state index contributed by atoms with van der Waals surface area (Å²) in [6, 6.07) is 9.42. The van der Waals surface area contributed by atoms with Crippen LogP contribution < -0.4 is 22.8 Å². The van der Waals surface area contributed by atoms with Gasteiger partial charge in [-0.25, -0.2) is 0 Å². The number of fused-ring (bicyclic) bond motifs is 1. The molecule has 186 valence electrons. The van der Waals surface area contributed by atoms with Crippen LogP contribution in [0.1, 0.15) is 28.4 Å². The summed E-state index contributed by atoms with van der Waals surface area (Å²) in [5, 5.41) is 0. The van der Waals surface area contributed by atoms with Gasteiger partial charge in [-0.1, -0.05) is 6.07 Å². The summed E-state index contributed by atoms with van der Waals surface area (Å²) in [5.74, 6) is 3.10. The molecule has 1 heterocycles. The van der Waals surface area contributed by atoms with E-state index in [9.17, 15) is 4.79 Å². The molecule has 0 aliphatic carbocycles. The predicted octanol–water partition coefficient (Wildman–Crippen LogP) is 7.04. The Morgan fingerprint density at radius 3 is 1.91 bits per heavy atom. The van der Waals surface area contributed by atoms with Gasteiger partial charge in [-0.05, 0) is 76.6 Å². The number of benzene rings is 2. The normalized spacial score (nSPS) is 16.4. The Bertz CT molecular complexity index is 1060. The van der Waals surface area contributed by atoms with E-state index < -0.39 is 31.1 Å². The van der Waals surface area contributed by atoms with E-state index in [1.807, 2.05) is 30.3 Å². The standard InChI is InChI=1S/C25H38O6Si3/c1-27-20-12-11-17(13-22(20)30-33(5,6)7)21-16-19(26)25-23(28-21)14-18(29-32(2,3)4)15-24(25)31-34(8,9)10/h11-15,21H,16H2,1-10H3/t21-/m0/s1. The van der Waals surface area contributed by atoms with Crippen molar-refractivity contribution in [2.45, 2.75) is 71.4 Å². The van der Waals surface area contributed by atoms with Gasteiger partial charge in [0.15, 0.2) is 11.5 Å². The van der Waals surface area contributed by atoms with Crippen LogP contribution in [0.5, 0.6) is 28.7 Å². The van der Waals surface area contributed by atoms with Gasteiger partial charge in [-0.2, -0.15) is 0 Å². The molecule has 0 bridgehead atoms. The van der Waals surface area contributed by atoms with Gasteiger partial charge < -0.3 is 22.8 Å². The minimum absolute atomic E-state index is 0.00235. The number of Topliss-reactive ketones (excluding diaryl/α,β-unsaturated/α-hetero) is 1. The number of ketones is 1. The topological polar surface area (TPSA) is 63.2 Å². The molecule has 0 spiro atoms. The molecule has 0 radical (unpaired) electrons. The molecule has 1 aliphatic heterocycles. The minimum Gasteiger partial charge on any atom is -0.544 e. The third-order valence-corrected chi connectivity index (χ3v) is 7.29. The number of methoxy groups -OCH3 is 1. The Hall–Kier alpha value is -2.24. The summed E-state index contributed by atoms with van der Waals surface area (Å²) in [6.07, 6.45) is -0.209. The lowest BCUT2D eigenvalue weighted by molar-refractivity contribution is 0.0846. The van der Waals surface area contributed by atoms with Crippen molar-refractivity contribution in [3.05, 3.63) is 41.5 Å². The van der Waals surface area contributed by atoms with Gasteiger partial charge in [-0.3, -0.25) is 4.79 Å². The van der Waals surface area contributed by atoms with Crippen molar-refractivity contribution in [3.8, 4) is 28.7 Å². The monoisotopic (exact) mass is 518 g/mol. The van der Waals surface area contributed by atoms with E-state index in [1.54, 1.807) is 7.11 Å². The first-order chi connectivity index (χ1) is 15.5. The second-order valence-electron chi connectivity index (χ2n) is 11.6. The van der Waals surface area contributed by atoms with Crippen molar-refractivity contribution < 1.29 is 27.5 Å². The molecule has 0 aromatic heterocycles. The second kappa shape index (κ2) is 9.43. The average Bonchev–Trinajstić information content (AvgIpc) is 2.63. The molecule has 0 amide bonds. The number of hydrogen-bond acceptors (Lipinski definition) is 6. The van der Waals surface area contributed by atoms with E-state index in [0.717, 1.165) is 5.56 Å². The van der Waals surface area contributed by atoms with Gasteiger partial charge in [-0.15, -0.1) is 0 Å². The van der Waals surface area contributed by atoms with E-state index in [1.165, 1.54) is 0 Å². The quantitative estimate of drug-likeness (QED) is 0.349. The molecule has 9 heteroatoms. The highest BCUT2D eigenvalue weighted by Crippen LogP contribution is 2.44. The zero-order chi connectivity index (χ0) is 25.5. The van der Waals surface area contributed by atoms with Crippen molar-refractivity contribution in [2.75, 3.05) is 7.11 Å². The van der Waals surface area contributed by atoms with Gasteiger partial charge in [0.05, 0.1) is 13.5 Å². The van der Waals surface area contributed by atoms with Crippen molar-refractivity contribution in [3.63, 3.8) is 0 Å². The number of carbonyl (C=O) groups is 1. The van der Waals surface area contributed by atoms with Crippen LogP contribution in [0.25, 0.3) is 0 Å². The zero-order valence-corrected chi connectivity index (χ0v) is 25.1. The summed E-state index contributed by atoms with van der Waals surface area (Å²) in [4.78, 5) is 13.4. The van der Waals surface area contributed by atoms with Crippen LogP contribution in [0.4, 0.5) is 0 Å². The summed E-state index contributed by atoms with van der Waals surface area (Å²) < 4.78 is 30.7. The molecule has 0 N–H and O–H groups in total. The number of hydrogen-bond donors (Lipinski definition) is 0. The lowest BCUT2D eigenvalue weighted by Crippen LogP contribution is -2.32. The van der Waals surface area contributed by atoms with E-state index >= 15 is 0 Å². The largest absolute Gasteiger partial charge is 0.544 e. The van der Waals surface area contributed by atoms with Gasteiger partial charge in [0.1, 0.15) is 34.7 Å². The molecule has 1 aliphatic rings. The third-order valence-electron chi connectivity index (χ3n) is 4.77. The molecule has 1 atom stereocenters. The third kappa shape index (κ3) is 6.89. The fourth-order valence-corrected chi connectivity index (χ4v) is 6.18. The Balaban J connectivity index is 2.03. The Labute approximate surface area is 206 Å². The number of rotatable bonds is 8. The smallest absolute Gasteiger partial charge is 0.242 e. The highest BCUT2D eigenvalue weighted by Gasteiger charge is 2.34. The lowest BCUT2D eigenvalue weighted by atomic mass is 9.95. The second-order valence-corrected chi connectivity index (χ2v) is 24.9. The highest BCUT2D eigenvalue weighted by molar-refractivity contribution is 6.71. The van der Waals surface area contributed by atoms with Crippen molar-refractivity contribution in [2.24, 2.45) is 0 Å². The highest BCUT2D eigenvalue weighted by atomic mass is 28.4. The van der Waals surface area contributed by atoms with Crippen LogP contribution in [-0.4, -0.2) is 37.8 Å². The SMILES string of the molecule is COc1ccc([C@@H]2CC(=O)c3c(cc(O[Si](C)(C)C)cc3O[Si](C)(C)C)O2)cc1O[Si](C)(C)C. The molecule has 34 heavy (non-hydrogen) atoms. The van der Waals surface area contributed by atoms with E-state index in [0.29, 0.717) is 34.3 Å². The van der Waals surface area contributed by atoms with Crippen LogP contribution in [0.2, 0.25) is 58.9 Å². The van der Waals surface area contributed by atoms with Crippen molar-refractivity contribution in [1.29, 1.82) is 0 Å². The van der Waals surface area contributed by atoms with Crippen LogP contribution in [0, 0.1) is 0 Å². The van der Waals surface area contributed by atoms with Gasteiger partial charge in [0, 0.05) is 12.1 Å². The fraction of sp³-hybridized carbons (Fsp3) is 0.480. The minimum atomic E-state index is -1.97. The molecule has 0 saturated heterocycles. The van der Waals surface area contributed by atoms with Crippen molar-refractivity contribution in [1.82, 2.24) is 0 Å². The summed E-state index contributed by atoms with van der Waals surface area (Å²) in [7, 11) is -4.08. The fourth-order valence-electron chi connectivity index (χ4n) is 3.71. The summed E-state index contributed by atoms with van der Waals surface area (Å²) in [6.45, 7) is 19.0. The molecule has 0 unspecified atom stereocenters. The lowest BCUT2D eigenvalue weighted by Gasteiger charge is -2.31. The predicted molar refractivity (Wildman–Crippen MR) is 144 cm³/mol. The van der Waals surface area contributed by atoms with Crippen LogP contribution >= 0.6 is 0 Å². The average molecular weight is 519 g/mol. The van der Waals surface area contributed by atoms with E-state index in [2.05, 4.69) is 58.9 Å². The molecule has 3 rings (SSSR count). The zero-order valence-electron chi connectivity index (χ0n) is 22.1. The molecule has 0 saturated carbocycles. The van der Waals surface area contributed by atoms with Gasteiger partial charge >= 0.3 is 0 Å². The number of carbonyl (C=O) groups excluding carboxylic acids is 1. The first-order valence-electron chi connectivity index (χ1n) is 11.7. The molecule has 2 aromatic rings. The van der Waals surface area contributed by atoms with Crippen LogP contribution in [-0.2, 0) is 0 Å². The van der Waals surface area contributed by atoms with Crippen molar-refractivity contribution >= 4 is 30.7 Å². The molecular formula is C25H38O6Si3. The Kier molecular flexibility index (Phi) is 7.31.